The number of rotatable bonds is 4. The van der Waals surface area contributed by atoms with E-state index >= 15 is 0 Å². The summed E-state index contributed by atoms with van der Waals surface area (Å²) >= 11 is 1.73. The smallest absolute Gasteiger partial charge is 0.145 e. The van der Waals surface area contributed by atoms with E-state index in [1.165, 1.54) is 4.88 Å². The first-order valence-electron chi connectivity index (χ1n) is 5.41. The van der Waals surface area contributed by atoms with Crippen LogP contribution in [0.2, 0.25) is 0 Å². The molecule has 2 heterocycles. The lowest BCUT2D eigenvalue weighted by molar-refractivity contribution is 0.965. The van der Waals surface area contributed by atoms with Crippen LogP contribution in [-0.4, -0.2) is 16.5 Å². The Hall–Kier alpha value is -1.42. The van der Waals surface area contributed by atoms with E-state index in [0.29, 0.717) is 0 Å². The van der Waals surface area contributed by atoms with E-state index in [0.717, 1.165) is 30.0 Å². The van der Waals surface area contributed by atoms with E-state index in [2.05, 4.69) is 40.6 Å². The molecule has 0 saturated heterocycles. The van der Waals surface area contributed by atoms with Gasteiger partial charge in [0, 0.05) is 22.4 Å². The van der Waals surface area contributed by atoms with Gasteiger partial charge in [-0.05, 0) is 19.4 Å². The molecule has 2 rings (SSSR count). The first kappa shape index (κ1) is 11.1. The lowest BCUT2D eigenvalue weighted by atomic mass is 10.2. The van der Waals surface area contributed by atoms with Crippen LogP contribution in [-0.2, 0) is 0 Å². The predicted octanol–water partition coefficient (Wildman–Crippen LogP) is 3.34. The summed E-state index contributed by atoms with van der Waals surface area (Å²) in [4.78, 5) is 10.0. The fourth-order valence-electron chi connectivity index (χ4n) is 1.42. The Morgan fingerprint density at radius 1 is 1.38 bits per heavy atom. The van der Waals surface area contributed by atoms with E-state index in [1.807, 2.05) is 0 Å². The van der Waals surface area contributed by atoms with Gasteiger partial charge in [0.15, 0.2) is 0 Å². The molecule has 1 N–H and O–H groups in total. The standard InChI is InChI=1S/C12H15N3S/c1-3-4-14-12-7-13-6-11(15-12)10-5-9(2)16-8-10/h5-8H,3-4H2,1-2H3,(H,14,15). The number of anilines is 1. The largest absolute Gasteiger partial charge is 0.369 e. The van der Waals surface area contributed by atoms with Gasteiger partial charge in [-0.1, -0.05) is 6.92 Å². The Bertz CT molecular complexity index is 465. The maximum Gasteiger partial charge on any atom is 0.145 e. The van der Waals surface area contributed by atoms with Crippen LogP contribution in [0, 0.1) is 6.92 Å². The minimum atomic E-state index is 0.850. The number of thiophene rings is 1. The third-order valence-electron chi connectivity index (χ3n) is 2.22. The van der Waals surface area contributed by atoms with E-state index < -0.39 is 0 Å². The molecule has 0 fully saturated rings. The zero-order valence-electron chi connectivity index (χ0n) is 9.53. The van der Waals surface area contributed by atoms with Gasteiger partial charge < -0.3 is 5.32 Å². The maximum absolute atomic E-state index is 4.53. The molecule has 0 bridgehead atoms. The first-order chi connectivity index (χ1) is 7.79. The van der Waals surface area contributed by atoms with Crippen molar-refractivity contribution >= 4 is 17.2 Å². The molecule has 0 atom stereocenters. The topological polar surface area (TPSA) is 37.8 Å². The molecule has 0 aliphatic carbocycles. The summed E-state index contributed by atoms with van der Waals surface area (Å²) in [5.74, 6) is 0.850. The summed E-state index contributed by atoms with van der Waals surface area (Å²) in [6, 6.07) is 2.14. The number of hydrogen-bond donors (Lipinski definition) is 1. The molecule has 0 saturated carbocycles. The Labute approximate surface area is 99.6 Å². The van der Waals surface area contributed by atoms with Crippen molar-refractivity contribution in [3.05, 3.63) is 28.7 Å². The van der Waals surface area contributed by atoms with Gasteiger partial charge in [0.05, 0.1) is 18.1 Å². The van der Waals surface area contributed by atoms with Crippen molar-refractivity contribution in [2.75, 3.05) is 11.9 Å². The summed E-state index contributed by atoms with van der Waals surface area (Å²) in [5.41, 5.74) is 2.08. The van der Waals surface area contributed by atoms with Crippen molar-refractivity contribution in [3.63, 3.8) is 0 Å². The van der Waals surface area contributed by atoms with Crippen LogP contribution in [0.4, 0.5) is 5.82 Å². The zero-order valence-corrected chi connectivity index (χ0v) is 10.3. The van der Waals surface area contributed by atoms with Crippen LogP contribution in [0.25, 0.3) is 11.3 Å². The maximum atomic E-state index is 4.53. The molecule has 0 unspecified atom stereocenters. The molecule has 0 aromatic carbocycles. The number of aromatic nitrogens is 2. The van der Waals surface area contributed by atoms with Crippen molar-refractivity contribution in [2.45, 2.75) is 20.3 Å². The molecular formula is C12H15N3S. The second-order valence-electron chi connectivity index (χ2n) is 3.66. The highest BCUT2D eigenvalue weighted by Gasteiger charge is 2.03. The van der Waals surface area contributed by atoms with Crippen molar-refractivity contribution < 1.29 is 0 Å². The van der Waals surface area contributed by atoms with Crippen LogP contribution in [0.5, 0.6) is 0 Å². The highest BCUT2D eigenvalue weighted by Crippen LogP contribution is 2.23. The van der Waals surface area contributed by atoms with Gasteiger partial charge in [-0.15, -0.1) is 11.3 Å². The highest BCUT2D eigenvalue weighted by atomic mass is 32.1. The highest BCUT2D eigenvalue weighted by molar-refractivity contribution is 7.10. The minimum Gasteiger partial charge on any atom is -0.369 e. The number of aryl methyl sites for hydroxylation is 1. The molecule has 16 heavy (non-hydrogen) atoms. The van der Waals surface area contributed by atoms with Crippen molar-refractivity contribution in [1.82, 2.24) is 9.97 Å². The average Bonchev–Trinajstić information content (AvgIpc) is 2.74. The molecule has 4 heteroatoms. The second-order valence-corrected chi connectivity index (χ2v) is 4.78. The van der Waals surface area contributed by atoms with Gasteiger partial charge in [-0.2, -0.15) is 0 Å². The summed E-state index contributed by atoms with van der Waals surface area (Å²) in [6.45, 7) is 5.16. The zero-order chi connectivity index (χ0) is 11.4. The van der Waals surface area contributed by atoms with Crippen LogP contribution < -0.4 is 5.32 Å². The molecule has 2 aromatic rings. The normalized spacial score (nSPS) is 10.4. The third-order valence-corrected chi connectivity index (χ3v) is 3.08. The van der Waals surface area contributed by atoms with Crippen LogP contribution in [0.1, 0.15) is 18.2 Å². The molecule has 0 radical (unpaired) electrons. The van der Waals surface area contributed by atoms with Crippen LogP contribution in [0.15, 0.2) is 23.8 Å². The summed E-state index contributed by atoms with van der Waals surface area (Å²) in [5, 5.41) is 5.36. The molecule has 0 spiro atoms. The summed E-state index contributed by atoms with van der Waals surface area (Å²) < 4.78 is 0. The molecule has 84 valence electrons. The SMILES string of the molecule is CCCNc1cncc(-c2csc(C)c2)n1. The number of nitrogens with one attached hydrogen (secondary N) is 1. The lowest BCUT2D eigenvalue weighted by Crippen LogP contribution is -2.02. The van der Waals surface area contributed by atoms with Crippen molar-refractivity contribution in [1.29, 1.82) is 0 Å². The molecule has 0 amide bonds. The molecule has 3 nitrogen and oxygen atoms in total. The van der Waals surface area contributed by atoms with Gasteiger partial charge in [0.2, 0.25) is 0 Å². The number of hydrogen-bond acceptors (Lipinski definition) is 4. The van der Waals surface area contributed by atoms with Crippen LogP contribution >= 0.6 is 11.3 Å². The predicted molar refractivity (Wildman–Crippen MR) is 68.9 cm³/mol. The van der Waals surface area contributed by atoms with E-state index in [-0.39, 0.29) is 0 Å². The van der Waals surface area contributed by atoms with Crippen molar-refractivity contribution in [2.24, 2.45) is 0 Å². The fraction of sp³-hybridized carbons (Fsp3) is 0.333. The van der Waals surface area contributed by atoms with Gasteiger partial charge in [-0.25, -0.2) is 4.98 Å². The lowest BCUT2D eigenvalue weighted by Gasteiger charge is -2.04. The fourth-order valence-corrected chi connectivity index (χ4v) is 2.12. The van der Waals surface area contributed by atoms with Gasteiger partial charge in [0.25, 0.3) is 0 Å². The third kappa shape index (κ3) is 2.58. The van der Waals surface area contributed by atoms with Gasteiger partial charge in [0.1, 0.15) is 5.82 Å². The Kier molecular flexibility index (Phi) is 3.51. The second kappa shape index (κ2) is 5.07. The Balaban J connectivity index is 2.22. The summed E-state index contributed by atoms with van der Waals surface area (Å²) in [7, 11) is 0. The molecule has 2 aromatic heterocycles. The average molecular weight is 233 g/mol. The quantitative estimate of drug-likeness (QED) is 0.880. The summed E-state index contributed by atoms with van der Waals surface area (Å²) in [6.07, 6.45) is 4.65. The molecule has 0 aliphatic rings. The molecular weight excluding hydrogens is 218 g/mol. The van der Waals surface area contributed by atoms with Crippen molar-refractivity contribution in [3.8, 4) is 11.3 Å². The van der Waals surface area contributed by atoms with Gasteiger partial charge >= 0.3 is 0 Å². The van der Waals surface area contributed by atoms with Gasteiger partial charge in [-0.3, -0.25) is 4.98 Å². The van der Waals surface area contributed by atoms with E-state index in [1.54, 1.807) is 23.7 Å². The Morgan fingerprint density at radius 2 is 2.25 bits per heavy atom. The monoisotopic (exact) mass is 233 g/mol. The van der Waals surface area contributed by atoms with E-state index in [4.69, 9.17) is 0 Å². The first-order valence-corrected chi connectivity index (χ1v) is 6.29. The minimum absolute atomic E-state index is 0.850. The van der Waals surface area contributed by atoms with E-state index in [9.17, 15) is 0 Å². The Morgan fingerprint density at radius 3 is 2.94 bits per heavy atom. The molecule has 0 aliphatic heterocycles. The number of nitrogens with zero attached hydrogens (tertiary/aromatic N) is 2. The van der Waals surface area contributed by atoms with Crippen LogP contribution in [0.3, 0.4) is 0 Å².